The molecule has 0 aliphatic carbocycles. The minimum atomic E-state index is -0.530. The van der Waals surface area contributed by atoms with Crippen molar-refractivity contribution in [2.45, 2.75) is 47.5 Å². The smallest absolute Gasteiger partial charge is 0.153 e. The Morgan fingerprint density at radius 3 is 0.941 bits per heavy atom. The minimum Gasteiger partial charge on any atom is -0.507 e. The van der Waals surface area contributed by atoms with Crippen LogP contribution in [0.15, 0.2) is 54.6 Å². The van der Waals surface area contributed by atoms with Crippen LogP contribution >= 0.6 is 0 Å². The van der Waals surface area contributed by atoms with Gasteiger partial charge in [-0.05, 0) is 53.1 Å². The van der Waals surface area contributed by atoms with Gasteiger partial charge < -0.3 is 15.3 Å². The number of carbonyl (C=O) groups is 3. The highest BCUT2D eigenvalue weighted by molar-refractivity contribution is 5.82. The topological polar surface area (TPSA) is 112 Å². The maximum absolute atomic E-state index is 11.2. The lowest BCUT2D eigenvalue weighted by molar-refractivity contribution is 0.111. The van der Waals surface area contributed by atoms with E-state index in [0.717, 1.165) is 0 Å². The van der Waals surface area contributed by atoms with Crippen LogP contribution in [0.25, 0.3) is 0 Å². The second kappa shape index (κ2) is 15.8. The molecule has 0 amide bonds. The SMILES string of the molecule is CC.CC.CC.O=Cc1cc(C(c2ccc(O)c(C=O)c2)c2ccc(O)c(C=O)c2)ccc1O. The fraction of sp³-hybridized carbons (Fsp3) is 0.250. The van der Waals surface area contributed by atoms with Crippen molar-refractivity contribution >= 4 is 18.9 Å². The highest BCUT2D eigenvalue weighted by atomic mass is 16.3. The summed E-state index contributed by atoms with van der Waals surface area (Å²) in [5, 5.41) is 29.4. The molecule has 0 saturated heterocycles. The van der Waals surface area contributed by atoms with Gasteiger partial charge in [-0.2, -0.15) is 0 Å². The average molecular weight is 467 g/mol. The lowest BCUT2D eigenvalue weighted by Crippen LogP contribution is -2.06. The second-order valence-electron chi connectivity index (χ2n) is 6.24. The summed E-state index contributed by atoms with van der Waals surface area (Å²) in [5.74, 6) is -1.04. The molecular formula is C28H34O6. The Morgan fingerprint density at radius 2 is 0.735 bits per heavy atom. The maximum Gasteiger partial charge on any atom is 0.153 e. The van der Waals surface area contributed by atoms with Gasteiger partial charge >= 0.3 is 0 Å². The lowest BCUT2D eigenvalue weighted by Gasteiger charge is -2.21. The van der Waals surface area contributed by atoms with E-state index in [9.17, 15) is 29.7 Å². The van der Waals surface area contributed by atoms with Gasteiger partial charge in [0, 0.05) is 5.92 Å². The number of hydrogen-bond donors (Lipinski definition) is 3. The summed E-state index contributed by atoms with van der Waals surface area (Å²) in [4.78, 5) is 33.7. The molecule has 0 aliphatic rings. The van der Waals surface area contributed by atoms with Gasteiger partial charge in [-0.25, -0.2) is 0 Å². The van der Waals surface area contributed by atoms with Crippen molar-refractivity contribution in [2.24, 2.45) is 0 Å². The molecule has 3 N–H and O–H groups in total. The predicted molar refractivity (Wildman–Crippen MR) is 135 cm³/mol. The highest BCUT2D eigenvalue weighted by Gasteiger charge is 2.20. The molecule has 0 radical (unpaired) electrons. The standard InChI is InChI=1S/C22H16O6.3C2H6/c23-10-16-7-13(1-4-19(16)26)22(14-2-5-20(27)17(8-14)11-24)15-3-6-21(28)18(9-15)12-25;3*1-2/h1-12,22,26-28H;3*1-2H3. The van der Waals surface area contributed by atoms with E-state index >= 15 is 0 Å². The second-order valence-corrected chi connectivity index (χ2v) is 6.24. The molecule has 3 rings (SSSR count). The van der Waals surface area contributed by atoms with E-state index in [1.54, 1.807) is 18.2 Å². The van der Waals surface area contributed by atoms with Crippen molar-refractivity contribution in [3.63, 3.8) is 0 Å². The van der Waals surface area contributed by atoms with Crippen LogP contribution in [0.5, 0.6) is 17.2 Å². The van der Waals surface area contributed by atoms with Crippen LogP contribution in [0.3, 0.4) is 0 Å². The van der Waals surface area contributed by atoms with Gasteiger partial charge in [-0.1, -0.05) is 59.7 Å². The maximum atomic E-state index is 11.2. The summed E-state index contributed by atoms with van der Waals surface area (Å²) in [6.45, 7) is 12.0. The molecule has 3 aromatic rings. The average Bonchev–Trinajstić information content (AvgIpc) is 2.90. The number of aromatic hydroxyl groups is 3. The van der Waals surface area contributed by atoms with Gasteiger partial charge in [0.25, 0.3) is 0 Å². The van der Waals surface area contributed by atoms with Crippen molar-refractivity contribution in [1.82, 2.24) is 0 Å². The minimum absolute atomic E-state index is 0.0891. The molecule has 34 heavy (non-hydrogen) atoms. The summed E-state index contributed by atoms with van der Waals surface area (Å²) in [7, 11) is 0. The first-order valence-electron chi connectivity index (χ1n) is 11.3. The van der Waals surface area contributed by atoms with Crippen molar-refractivity contribution in [3.8, 4) is 17.2 Å². The van der Waals surface area contributed by atoms with Crippen LogP contribution in [0.4, 0.5) is 0 Å². The van der Waals surface area contributed by atoms with Gasteiger partial charge in [0.15, 0.2) is 18.9 Å². The summed E-state index contributed by atoms with van der Waals surface area (Å²) in [6.07, 6.45) is 1.58. The van der Waals surface area contributed by atoms with E-state index in [1.165, 1.54) is 36.4 Å². The van der Waals surface area contributed by atoms with E-state index < -0.39 is 5.92 Å². The van der Waals surface area contributed by atoms with Gasteiger partial charge in [-0.15, -0.1) is 0 Å². The molecule has 0 bridgehead atoms. The summed E-state index contributed by atoms with van der Waals surface area (Å²) in [5.41, 5.74) is 2.11. The Labute approximate surface area is 201 Å². The van der Waals surface area contributed by atoms with Crippen LogP contribution in [-0.2, 0) is 0 Å². The monoisotopic (exact) mass is 466 g/mol. The molecule has 0 aliphatic heterocycles. The van der Waals surface area contributed by atoms with Crippen LogP contribution in [0.1, 0.15) is 95.2 Å². The first-order chi connectivity index (χ1) is 16.5. The highest BCUT2D eigenvalue weighted by Crippen LogP contribution is 2.36. The predicted octanol–water partition coefficient (Wildman–Crippen LogP) is 6.50. The zero-order chi connectivity index (χ0) is 26.3. The fourth-order valence-electron chi connectivity index (χ4n) is 3.12. The molecule has 0 heterocycles. The van der Waals surface area contributed by atoms with E-state index in [4.69, 9.17) is 0 Å². The molecular weight excluding hydrogens is 432 g/mol. The number of phenols is 3. The fourth-order valence-corrected chi connectivity index (χ4v) is 3.12. The van der Waals surface area contributed by atoms with Gasteiger partial charge in [0.05, 0.1) is 16.7 Å². The molecule has 0 fully saturated rings. The lowest BCUT2D eigenvalue weighted by atomic mass is 9.83. The third kappa shape index (κ3) is 7.30. The number of rotatable bonds is 6. The van der Waals surface area contributed by atoms with Gasteiger partial charge in [0.1, 0.15) is 17.2 Å². The molecule has 3 aromatic carbocycles. The third-order valence-corrected chi connectivity index (χ3v) is 4.54. The zero-order valence-corrected chi connectivity index (χ0v) is 20.6. The quantitative estimate of drug-likeness (QED) is 0.282. The van der Waals surface area contributed by atoms with Crippen molar-refractivity contribution in [3.05, 3.63) is 88.0 Å². The molecule has 0 spiro atoms. The number of benzene rings is 3. The number of phenolic OH excluding ortho intramolecular Hbond substituents is 3. The summed E-state index contributed by atoms with van der Waals surface area (Å²) < 4.78 is 0. The van der Waals surface area contributed by atoms with Crippen molar-refractivity contribution < 1.29 is 29.7 Å². The molecule has 6 heteroatoms. The molecule has 0 saturated carbocycles. The Hall–Kier alpha value is -3.93. The van der Waals surface area contributed by atoms with E-state index in [-0.39, 0.29) is 33.9 Å². The molecule has 0 atom stereocenters. The number of carbonyl (C=O) groups excluding carboxylic acids is 3. The molecule has 6 nitrogen and oxygen atoms in total. The number of hydrogen-bond acceptors (Lipinski definition) is 6. The first-order valence-corrected chi connectivity index (χ1v) is 11.3. The Morgan fingerprint density at radius 1 is 0.500 bits per heavy atom. The van der Waals surface area contributed by atoms with Crippen LogP contribution < -0.4 is 0 Å². The third-order valence-electron chi connectivity index (χ3n) is 4.54. The van der Waals surface area contributed by atoms with Crippen molar-refractivity contribution in [1.29, 1.82) is 0 Å². The van der Waals surface area contributed by atoms with E-state index in [1.807, 2.05) is 41.5 Å². The van der Waals surface area contributed by atoms with Crippen molar-refractivity contribution in [2.75, 3.05) is 0 Å². The molecule has 0 unspecified atom stereocenters. The van der Waals surface area contributed by atoms with E-state index in [2.05, 4.69) is 0 Å². The Kier molecular flexibility index (Phi) is 14.0. The zero-order valence-electron chi connectivity index (χ0n) is 20.6. The largest absolute Gasteiger partial charge is 0.507 e. The number of aldehydes is 3. The molecule has 0 aromatic heterocycles. The van der Waals surface area contributed by atoms with Crippen LogP contribution in [0, 0.1) is 0 Å². The molecule has 182 valence electrons. The summed E-state index contributed by atoms with van der Waals surface area (Å²) in [6, 6.07) is 13.5. The van der Waals surface area contributed by atoms with Crippen LogP contribution in [0.2, 0.25) is 0 Å². The van der Waals surface area contributed by atoms with Gasteiger partial charge in [0.2, 0.25) is 0 Å². The Balaban J connectivity index is 0.00000168. The van der Waals surface area contributed by atoms with Gasteiger partial charge in [-0.3, -0.25) is 14.4 Å². The normalized spacial score (nSPS) is 9.26. The van der Waals surface area contributed by atoms with E-state index in [0.29, 0.717) is 35.5 Å². The summed E-state index contributed by atoms with van der Waals surface area (Å²) >= 11 is 0. The first kappa shape index (κ1) is 30.1. The van der Waals surface area contributed by atoms with Crippen LogP contribution in [-0.4, -0.2) is 34.2 Å². The Bertz CT molecular complexity index is 936.